The number of nitro groups is 1. The third-order valence-corrected chi connectivity index (χ3v) is 3.14. The van der Waals surface area contributed by atoms with E-state index in [2.05, 4.69) is 19.2 Å². The van der Waals surface area contributed by atoms with Crippen LogP contribution in [0.3, 0.4) is 0 Å². The van der Waals surface area contributed by atoms with Crippen molar-refractivity contribution in [2.24, 2.45) is 5.92 Å². The smallest absolute Gasteiger partial charge is 0.271 e. The molecule has 0 aromatic heterocycles. The Morgan fingerprint density at radius 3 is 2.62 bits per heavy atom. The van der Waals surface area contributed by atoms with Gasteiger partial charge >= 0.3 is 0 Å². The number of ether oxygens (including phenoxy) is 1. The fraction of sp³-hybridized carbons (Fsp3) is 0.600. The molecule has 0 spiro atoms. The van der Waals surface area contributed by atoms with Gasteiger partial charge < -0.3 is 15.8 Å². The van der Waals surface area contributed by atoms with Crippen LogP contribution in [0.25, 0.3) is 0 Å². The van der Waals surface area contributed by atoms with E-state index in [0.29, 0.717) is 30.4 Å². The summed E-state index contributed by atoms with van der Waals surface area (Å²) in [5.41, 5.74) is 6.53. The Bertz CT molecular complexity index is 487. The Morgan fingerprint density at radius 2 is 2.10 bits per heavy atom. The summed E-state index contributed by atoms with van der Waals surface area (Å²) in [5.74, 6) is 0.610. The fourth-order valence-electron chi connectivity index (χ4n) is 1.75. The van der Waals surface area contributed by atoms with Gasteiger partial charge in [0.1, 0.15) is 0 Å². The molecular formula is C15H25N3O3. The molecule has 0 heterocycles. The quantitative estimate of drug-likeness (QED) is 0.435. The van der Waals surface area contributed by atoms with Crippen LogP contribution < -0.4 is 11.1 Å². The van der Waals surface area contributed by atoms with E-state index in [1.807, 2.05) is 13.8 Å². The molecule has 0 atom stereocenters. The van der Waals surface area contributed by atoms with Gasteiger partial charge in [0, 0.05) is 25.3 Å². The zero-order valence-corrected chi connectivity index (χ0v) is 13.2. The molecule has 6 heteroatoms. The zero-order chi connectivity index (χ0) is 16.0. The standard InChI is InChI=1S/C15H25N3O3/c1-11(2)7-8-21-15(3,4)10-17-14-6-5-12(18(19)20)9-13(14)16/h5-6,9,11,17H,7-8,10,16H2,1-4H3. The molecule has 1 aromatic rings. The normalized spacial score (nSPS) is 11.7. The van der Waals surface area contributed by atoms with Gasteiger partial charge in [-0.15, -0.1) is 0 Å². The first-order valence-corrected chi connectivity index (χ1v) is 7.13. The molecule has 6 nitrogen and oxygen atoms in total. The molecule has 118 valence electrons. The van der Waals surface area contributed by atoms with E-state index in [0.717, 1.165) is 6.42 Å². The minimum atomic E-state index is -0.459. The summed E-state index contributed by atoms with van der Waals surface area (Å²) in [6.07, 6.45) is 1.02. The van der Waals surface area contributed by atoms with E-state index < -0.39 is 4.92 Å². The summed E-state index contributed by atoms with van der Waals surface area (Å²) in [6, 6.07) is 4.41. The topological polar surface area (TPSA) is 90.4 Å². The first-order valence-electron chi connectivity index (χ1n) is 7.13. The van der Waals surface area contributed by atoms with E-state index in [1.54, 1.807) is 6.07 Å². The highest BCUT2D eigenvalue weighted by Crippen LogP contribution is 2.25. The molecular weight excluding hydrogens is 270 g/mol. The van der Waals surface area contributed by atoms with Crippen LogP contribution in [0.15, 0.2) is 18.2 Å². The van der Waals surface area contributed by atoms with Crippen molar-refractivity contribution in [2.75, 3.05) is 24.2 Å². The van der Waals surface area contributed by atoms with Crippen molar-refractivity contribution in [3.05, 3.63) is 28.3 Å². The highest BCUT2D eigenvalue weighted by Gasteiger charge is 2.19. The zero-order valence-electron chi connectivity index (χ0n) is 13.2. The number of nitro benzene ring substituents is 1. The number of nitrogens with two attached hydrogens (primary N) is 1. The van der Waals surface area contributed by atoms with Crippen molar-refractivity contribution < 1.29 is 9.66 Å². The van der Waals surface area contributed by atoms with E-state index in [-0.39, 0.29) is 11.3 Å². The van der Waals surface area contributed by atoms with Crippen molar-refractivity contribution in [2.45, 2.75) is 39.7 Å². The highest BCUT2D eigenvalue weighted by molar-refractivity contribution is 5.69. The summed E-state index contributed by atoms with van der Waals surface area (Å²) in [7, 11) is 0. The van der Waals surface area contributed by atoms with Gasteiger partial charge in [0.05, 0.1) is 21.9 Å². The maximum absolute atomic E-state index is 10.7. The average Bonchev–Trinajstić information content (AvgIpc) is 2.36. The Hall–Kier alpha value is -1.82. The molecule has 1 rings (SSSR count). The van der Waals surface area contributed by atoms with Gasteiger partial charge in [-0.1, -0.05) is 13.8 Å². The summed E-state index contributed by atoms with van der Waals surface area (Å²) in [6.45, 7) is 9.61. The van der Waals surface area contributed by atoms with E-state index in [1.165, 1.54) is 12.1 Å². The highest BCUT2D eigenvalue weighted by atomic mass is 16.6. The van der Waals surface area contributed by atoms with Crippen molar-refractivity contribution >= 4 is 17.1 Å². The van der Waals surface area contributed by atoms with Crippen molar-refractivity contribution in [3.63, 3.8) is 0 Å². The lowest BCUT2D eigenvalue weighted by molar-refractivity contribution is -0.384. The Balaban J connectivity index is 2.55. The first-order chi connectivity index (χ1) is 9.71. The second-order valence-corrected chi connectivity index (χ2v) is 6.17. The summed E-state index contributed by atoms with van der Waals surface area (Å²) >= 11 is 0. The number of nitrogens with zero attached hydrogens (tertiary/aromatic N) is 1. The molecule has 0 aliphatic heterocycles. The Kier molecular flexibility index (Phi) is 5.96. The molecule has 0 saturated carbocycles. The molecule has 0 radical (unpaired) electrons. The molecule has 0 aliphatic carbocycles. The van der Waals surface area contributed by atoms with E-state index in [4.69, 9.17) is 10.5 Å². The van der Waals surface area contributed by atoms with Crippen LogP contribution in [0.4, 0.5) is 17.1 Å². The van der Waals surface area contributed by atoms with Crippen molar-refractivity contribution in [3.8, 4) is 0 Å². The van der Waals surface area contributed by atoms with Crippen LogP contribution in [-0.2, 0) is 4.74 Å². The van der Waals surface area contributed by atoms with Crippen LogP contribution in [-0.4, -0.2) is 23.7 Å². The first kappa shape index (κ1) is 17.2. The Morgan fingerprint density at radius 1 is 1.43 bits per heavy atom. The van der Waals surface area contributed by atoms with Gasteiger partial charge in [0.25, 0.3) is 5.69 Å². The average molecular weight is 295 g/mol. The predicted molar refractivity (Wildman–Crippen MR) is 85.5 cm³/mol. The molecule has 3 N–H and O–H groups in total. The molecule has 0 unspecified atom stereocenters. The van der Waals surface area contributed by atoms with Gasteiger partial charge in [-0.05, 0) is 32.3 Å². The van der Waals surface area contributed by atoms with Crippen LogP contribution >= 0.6 is 0 Å². The molecule has 1 aromatic carbocycles. The predicted octanol–water partition coefficient (Wildman–Crippen LogP) is 3.43. The third-order valence-electron chi connectivity index (χ3n) is 3.14. The number of hydrogen-bond donors (Lipinski definition) is 2. The molecule has 0 saturated heterocycles. The van der Waals surface area contributed by atoms with Crippen molar-refractivity contribution in [1.82, 2.24) is 0 Å². The number of rotatable bonds is 8. The lowest BCUT2D eigenvalue weighted by Gasteiger charge is -2.27. The van der Waals surface area contributed by atoms with Gasteiger partial charge in [-0.25, -0.2) is 0 Å². The summed E-state index contributed by atoms with van der Waals surface area (Å²) in [5, 5.41) is 13.8. The van der Waals surface area contributed by atoms with Gasteiger partial charge in [-0.2, -0.15) is 0 Å². The number of non-ortho nitro benzene ring substituents is 1. The number of nitrogens with one attached hydrogen (secondary N) is 1. The molecule has 0 amide bonds. The maximum atomic E-state index is 10.7. The second-order valence-electron chi connectivity index (χ2n) is 6.17. The SMILES string of the molecule is CC(C)CCOC(C)(C)CNc1ccc([N+](=O)[O-])cc1N. The third kappa shape index (κ3) is 5.99. The number of nitrogen functional groups attached to an aromatic ring is 1. The van der Waals surface area contributed by atoms with Crippen LogP contribution in [0.2, 0.25) is 0 Å². The van der Waals surface area contributed by atoms with E-state index in [9.17, 15) is 10.1 Å². The molecule has 21 heavy (non-hydrogen) atoms. The largest absolute Gasteiger partial charge is 0.397 e. The maximum Gasteiger partial charge on any atom is 0.271 e. The number of anilines is 2. The fourth-order valence-corrected chi connectivity index (χ4v) is 1.75. The van der Waals surface area contributed by atoms with Gasteiger partial charge in [-0.3, -0.25) is 10.1 Å². The lowest BCUT2D eigenvalue weighted by Crippen LogP contribution is -2.34. The van der Waals surface area contributed by atoms with Crippen LogP contribution in [0.1, 0.15) is 34.1 Å². The molecule has 0 fully saturated rings. The van der Waals surface area contributed by atoms with Crippen molar-refractivity contribution in [1.29, 1.82) is 0 Å². The monoisotopic (exact) mass is 295 g/mol. The lowest BCUT2D eigenvalue weighted by atomic mass is 10.1. The van der Waals surface area contributed by atoms with Crippen LogP contribution in [0.5, 0.6) is 0 Å². The summed E-state index contributed by atoms with van der Waals surface area (Å²) in [4.78, 5) is 10.2. The van der Waals surface area contributed by atoms with E-state index >= 15 is 0 Å². The summed E-state index contributed by atoms with van der Waals surface area (Å²) < 4.78 is 5.85. The van der Waals surface area contributed by atoms with Gasteiger partial charge in [0.2, 0.25) is 0 Å². The molecule has 0 aliphatic rings. The minimum absolute atomic E-state index is 0.00880. The minimum Gasteiger partial charge on any atom is -0.397 e. The number of hydrogen-bond acceptors (Lipinski definition) is 5. The Labute approximate surface area is 125 Å². The van der Waals surface area contributed by atoms with Gasteiger partial charge in [0.15, 0.2) is 0 Å². The molecule has 0 bridgehead atoms. The second kappa shape index (κ2) is 7.26. The number of benzene rings is 1. The van der Waals surface area contributed by atoms with Crippen LogP contribution in [0, 0.1) is 16.0 Å².